The molecule has 0 bridgehead atoms. The quantitative estimate of drug-likeness (QED) is 0.788. The van der Waals surface area contributed by atoms with Crippen molar-refractivity contribution in [3.63, 3.8) is 0 Å². The molecule has 3 nitrogen and oxygen atoms in total. The van der Waals surface area contributed by atoms with E-state index in [0.29, 0.717) is 12.5 Å². The first-order chi connectivity index (χ1) is 10.2. The number of hydrogen-bond acceptors (Lipinski definition) is 2. The highest BCUT2D eigenvalue weighted by atomic mass is 35.5. The van der Waals surface area contributed by atoms with E-state index in [0.717, 1.165) is 34.0 Å². The highest BCUT2D eigenvalue weighted by molar-refractivity contribution is 6.30. The number of halogens is 1. The van der Waals surface area contributed by atoms with Crippen LogP contribution in [-0.4, -0.2) is 15.9 Å². The van der Waals surface area contributed by atoms with Crippen molar-refractivity contribution in [2.24, 2.45) is 5.73 Å². The molecule has 3 aromatic rings. The Morgan fingerprint density at radius 3 is 2.67 bits per heavy atom. The second-order valence-corrected chi connectivity index (χ2v) is 5.70. The molecule has 1 atom stereocenters. The number of aromatic nitrogens is 2. The van der Waals surface area contributed by atoms with Gasteiger partial charge in [0.2, 0.25) is 0 Å². The van der Waals surface area contributed by atoms with E-state index < -0.39 is 0 Å². The van der Waals surface area contributed by atoms with Crippen LogP contribution in [0.15, 0.2) is 48.7 Å². The van der Waals surface area contributed by atoms with Crippen LogP contribution in [0.5, 0.6) is 0 Å². The minimum atomic E-state index is 0.325. The van der Waals surface area contributed by atoms with Gasteiger partial charge in [-0.3, -0.25) is 0 Å². The molecule has 4 heteroatoms. The smallest absolute Gasteiger partial charge is 0.116 e. The van der Waals surface area contributed by atoms with Crippen LogP contribution in [0.3, 0.4) is 0 Å². The first-order valence-corrected chi connectivity index (χ1v) is 7.51. The number of fused-ring (bicyclic) bond motifs is 1. The summed E-state index contributed by atoms with van der Waals surface area (Å²) >= 11 is 5.97. The number of benzene rings is 1. The molecule has 0 spiro atoms. The Morgan fingerprint density at radius 1 is 1.19 bits per heavy atom. The van der Waals surface area contributed by atoms with Gasteiger partial charge in [0.1, 0.15) is 5.82 Å². The Kier molecular flexibility index (Phi) is 3.95. The largest absolute Gasteiger partial charge is 0.330 e. The zero-order valence-electron chi connectivity index (χ0n) is 12.0. The molecular formula is C17H18ClN3. The van der Waals surface area contributed by atoms with E-state index in [2.05, 4.69) is 23.6 Å². The van der Waals surface area contributed by atoms with Gasteiger partial charge in [0.15, 0.2) is 0 Å². The van der Waals surface area contributed by atoms with Gasteiger partial charge in [0, 0.05) is 22.7 Å². The number of imidazole rings is 1. The topological polar surface area (TPSA) is 43.3 Å². The van der Waals surface area contributed by atoms with E-state index in [1.165, 1.54) is 0 Å². The van der Waals surface area contributed by atoms with Crippen LogP contribution >= 0.6 is 11.6 Å². The van der Waals surface area contributed by atoms with Gasteiger partial charge in [0.05, 0.1) is 11.2 Å². The lowest BCUT2D eigenvalue weighted by Crippen LogP contribution is -2.07. The van der Waals surface area contributed by atoms with E-state index in [1.807, 2.05) is 36.4 Å². The predicted octanol–water partition coefficient (Wildman–Crippen LogP) is 4.11. The lowest BCUT2D eigenvalue weighted by Gasteiger charge is -2.08. The van der Waals surface area contributed by atoms with Gasteiger partial charge in [-0.2, -0.15) is 0 Å². The summed E-state index contributed by atoms with van der Waals surface area (Å²) in [6, 6.07) is 14.0. The van der Waals surface area contributed by atoms with Crippen LogP contribution in [-0.2, 0) is 0 Å². The van der Waals surface area contributed by atoms with Gasteiger partial charge < -0.3 is 10.1 Å². The average Bonchev–Trinajstić information content (AvgIpc) is 2.88. The van der Waals surface area contributed by atoms with Crippen LogP contribution in [0.1, 0.15) is 25.1 Å². The van der Waals surface area contributed by atoms with Gasteiger partial charge in [0.25, 0.3) is 0 Å². The number of nitrogens with zero attached hydrogens (tertiary/aromatic N) is 2. The lowest BCUT2D eigenvalue weighted by molar-refractivity contribution is 0.645. The molecular weight excluding hydrogens is 282 g/mol. The number of pyridine rings is 1. The molecule has 1 aromatic carbocycles. The second-order valence-electron chi connectivity index (χ2n) is 5.26. The van der Waals surface area contributed by atoms with Crippen molar-refractivity contribution in [2.75, 3.05) is 6.54 Å². The third kappa shape index (κ3) is 2.67. The van der Waals surface area contributed by atoms with Crippen molar-refractivity contribution in [1.29, 1.82) is 0 Å². The summed E-state index contributed by atoms with van der Waals surface area (Å²) in [7, 11) is 0. The fourth-order valence-corrected chi connectivity index (χ4v) is 2.73. The third-order valence-electron chi connectivity index (χ3n) is 3.73. The SMILES string of the molecule is CC(CCN)c1nc(-c2ccc(Cl)cc2)c2ccccn12. The van der Waals surface area contributed by atoms with Crippen molar-refractivity contribution in [3.05, 3.63) is 59.5 Å². The summed E-state index contributed by atoms with van der Waals surface area (Å²) in [6.45, 7) is 2.83. The molecule has 0 radical (unpaired) electrons. The summed E-state index contributed by atoms with van der Waals surface area (Å²) in [5.41, 5.74) is 8.87. The molecule has 1 unspecified atom stereocenters. The monoisotopic (exact) mass is 299 g/mol. The molecule has 0 saturated carbocycles. The normalized spacial score (nSPS) is 12.7. The van der Waals surface area contributed by atoms with Crippen LogP contribution in [0.2, 0.25) is 5.02 Å². The molecule has 0 amide bonds. The summed E-state index contributed by atoms with van der Waals surface area (Å²) in [5, 5.41) is 0.735. The Balaban J connectivity index is 2.17. The lowest BCUT2D eigenvalue weighted by atomic mass is 10.1. The Hall–Kier alpha value is -1.84. The van der Waals surface area contributed by atoms with Crippen molar-refractivity contribution in [3.8, 4) is 11.3 Å². The fourth-order valence-electron chi connectivity index (χ4n) is 2.61. The maximum atomic E-state index is 5.97. The van der Waals surface area contributed by atoms with Crippen molar-refractivity contribution in [2.45, 2.75) is 19.3 Å². The van der Waals surface area contributed by atoms with E-state index in [4.69, 9.17) is 22.3 Å². The summed E-state index contributed by atoms with van der Waals surface area (Å²) in [6.07, 6.45) is 2.98. The van der Waals surface area contributed by atoms with Gasteiger partial charge >= 0.3 is 0 Å². The minimum absolute atomic E-state index is 0.325. The first kappa shape index (κ1) is 14.1. The van der Waals surface area contributed by atoms with E-state index in [-0.39, 0.29) is 0 Å². The number of nitrogens with two attached hydrogens (primary N) is 1. The average molecular weight is 300 g/mol. The van der Waals surface area contributed by atoms with Crippen molar-refractivity contribution < 1.29 is 0 Å². The summed E-state index contributed by atoms with van der Waals surface area (Å²) in [5.74, 6) is 1.38. The molecule has 0 saturated heterocycles. The van der Waals surface area contributed by atoms with E-state index in [9.17, 15) is 0 Å². The minimum Gasteiger partial charge on any atom is -0.330 e. The maximum Gasteiger partial charge on any atom is 0.116 e. The van der Waals surface area contributed by atoms with Crippen LogP contribution < -0.4 is 5.73 Å². The standard InChI is InChI=1S/C17H18ClN3/c1-12(9-10-19)17-20-16(13-5-7-14(18)8-6-13)15-4-2-3-11-21(15)17/h2-8,11-12H,9-10,19H2,1H3. The predicted molar refractivity (Wildman–Crippen MR) is 87.7 cm³/mol. The summed E-state index contributed by atoms with van der Waals surface area (Å²) < 4.78 is 2.16. The number of rotatable bonds is 4. The van der Waals surface area contributed by atoms with Crippen LogP contribution in [0.25, 0.3) is 16.8 Å². The molecule has 2 aromatic heterocycles. The highest BCUT2D eigenvalue weighted by Crippen LogP contribution is 2.29. The Labute approximate surface area is 129 Å². The van der Waals surface area contributed by atoms with Gasteiger partial charge in [-0.15, -0.1) is 0 Å². The van der Waals surface area contributed by atoms with Crippen LogP contribution in [0, 0.1) is 0 Å². The third-order valence-corrected chi connectivity index (χ3v) is 3.99. The fraction of sp³-hybridized carbons (Fsp3) is 0.235. The molecule has 2 heterocycles. The highest BCUT2D eigenvalue weighted by Gasteiger charge is 2.16. The van der Waals surface area contributed by atoms with Gasteiger partial charge in [-0.05, 0) is 37.2 Å². The molecule has 0 aliphatic rings. The maximum absolute atomic E-state index is 5.97. The van der Waals surface area contributed by atoms with Crippen molar-refractivity contribution in [1.82, 2.24) is 9.38 Å². The Bertz CT molecular complexity index is 746. The van der Waals surface area contributed by atoms with Crippen LogP contribution in [0.4, 0.5) is 0 Å². The molecule has 108 valence electrons. The zero-order chi connectivity index (χ0) is 14.8. The van der Waals surface area contributed by atoms with E-state index in [1.54, 1.807) is 0 Å². The molecule has 2 N–H and O–H groups in total. The molecule has 0 fully saturated rings. The van der Waals surface area contributed by atoms with Crippen molar-refractivity contribution >= 4 is 17.1 Å². The molecule has 0 aliphatic heterocycles. The zero-order valence-corrected chi connectivity index (χ0v) is 12.7. The molecule has 3 rings (SSSR count). The molecule has 0 aliphatic carbocycles. The number of hydrogen-bond donors (Lipinski definition) is 1. The Morgan fingerprint density at radius 2 is 1.95 bits per heavy atom. The van der Waals surface area contributed by atoms with E-state index >= 15 is 0 Å². The van der Waals surface area contributed by atoms with Gasteiger partial charge in [-0.25, -0.2) is 4.98 Å². The second kappa shape index (κ2) is 5.88. The molecule has 21 heavy (non-hydrogen) atoms. The first-order valence-electron chi connectivity index (χ1n) is 7.13. The van der Waals surface area contributed by atoms with Gasteiger partial charge in [-0.1, -0.05) is 36.7 Å². The summed E-state index contributed by atoms with van der Waals surface area (Å²) in [4.78, 5) is 4.87.